The van der Waals surface area contributed by atoms with E-state index in [0.717, 1.165) is 12.8 Å². The Morgan fingerprint density at radius 1 is 1.20 bits per heavy atom. The quantitative estimate of drug-likeness (QED) is 0.806. The zero-order valence-electron chi connectivity index (χ0n) is 10.9. The first-order valence-corrected chi connectivity index (χ1v) is 6.73. The SMILES string of the molecule is CCCc1nc(Cl)cc(Oc2ccc3c(c2)OCO3)n1. The van der Waals surface area contributed by atoms with Crippen LogP contribution in [0.3, 0.4) is 0 Å². The van der Waals surface area contributed by atoms with Crippen LogP contribution >= 0.6 is 11.6 Å². The zero-order valence-corrected chi connectivity index (χ0v) is 11.7. The Labute approximate surface area is 121 Å². The van der Waals surface area contributed by atoms with Gasteiger partial charge in [0.25, 0.3) is 0 Å². The molecule has 0 spiro atoms. The van der Waals surface area contributed by atoms with E-state index >= 15 is 0 Å². The standard InChI is InChI=1S/C14H13ClN2O3/c1-2-3-13-16-12(15)7-14(17-13)20-9-4-5-10-11(6-9)19-8-18-10/h4-7H,2-3,8H2,1H3. The summed E-state index contributed by atoms with van der Waals surface area (Å²) in [5.41, 5.74) is 0. The van der Waals surface area contributed by atoms with Crippen LogP contribution in [0.2, 0.25) is 5.15 Å². The summed E-state index contributed by atoms with van der Waals surface area (Å²) < 4.78 is 16.3. The average Bonchev–Trinajstić information content (AvgIpc) is 2.85. The van der Waals surface area contributed by atoms with Crippen molar-refractivity contribution in [3.8, 4) is 23.1 Å². The van der Waals surface area contributed by atoms with Gasteiger partial charge in [0, 0.05) is 18.6 Å². The normalized spacial score (nSPS) is 12.5. The predicted molar refractivity (Wildman–Crippen MR) is 73.7 cm³/mol. The fourth-order valence-corrected chi connectivity index (χ4v) is 2.08. The summed E-state index contributed by atoms with van der Waals surface area (Å²) in [6.45, 7) is 2.29. The maximum Gasteiger partial charge on any atom is 0.231 e. The van der Waals surface area contributed by atoms with Crippen molar-refractivity contribution in [3.63, 3.8) is 0 Å². The number of aromatic nitrogens is 2. The molecule has 0 bridgehead atoms. The van der Waals surface area contributed by atoms with Crippen LogP contribution in [0.15, 0.2) is 24.3 Å². The zero-order chi connectivity index (χ0) is 13.9. The van der Waals surface area contributed by atoms with Crippen LogP contribution in [0.25, 0.3) is 0 Å². The lowest BCUT2D eigenvalue weighted by atomic mass is 10.3. The van der Waals surface area contributed by atoms with Gasteiger partial charge in [-0.05, 0) is 18.6 Å². The summed E-state index contributed by atoms with van der Waals surface area (Å²) in [6.07, 6.45) is 1.71. The molecule has 0 unspecified atom stereocenters. The first-order chi connectivity index (χ1) is 9.74. The van der Waals surface area contributed by atoms with Gasteiger partial charge >= 0.3 is 0 Å². The summed E-state index contributed by atoms with van der Waals surface area (Å²) in [5.74, 6) is 3.09. The molecule has 1 aliphatic rings. The Morgan fingerprint density at radius 2 is 2.05 bits per heavy atom. The highest BCUT2D eigenvalue weighted by Crippen LogP contribution is 2.36. The second-order valence-electron chi connectivity index (χ2n) is 4.31. The fraction of sp³-hybridized carbons (Fsp3) is 0.286. The molecule has 0 fully saturated rings. The molecular weight excluding hydrogens is 280 g/mol. The molecule has 0 saturated heterocycles. The van der Waals surface area contributed by atoms with Crippen LogP contribution in [0.5, 0.6) is 23.1 Å². The Kier molecular flexibility index (Phi) is 3.60. The Balaban J connectivity index is 1.83. The molecule has 0 atom stereocenters. The van der Waals surface area contributed by atoms with E-state index in [2.05, 4.69) is 16.9 Å². The van der Waals surface area contributed by atoms with Crippen LogP contribution in [0.1, 0.15) is 19.2 Å². The number of nitrogens with zero attached hydrogens (tertiary/aromatic N) is 2. The van der Waals surface area contributed by atoms with Crippen LogP contribution in [0.4, 0.5) is 0 Å². The van der Waals surface area contributed by atoms with Gasteiger partial charge in [-0.15, -0.1) is 0 Å². The van der Waals surface area contributed by atoms with Crippen LogP contribution in [0, 0.1) is 0 Å². The number of hydrogen-bond donors (Lipinski definition) is 0. The van der Waals surface area contributed by atoms with Crippen molar-refractivity contribution in [2.24, 2.45) is 0 Å². The van der Waals surface area contributed by atoms with Gasteiger partial charge in [-0.3, -0.25) is 0 Å². The van der Waals surface area contributed by atoms with Gasteiger partial charge < -0.3 is 14.2 Å². The lowest BCUT2D eigenvalue weighted by Crippen LogP contribution is -1.97. The van der Waals surface area contributed by atoms with Crippen molar-refractivity contribution in [1.82, 2.24) is 9.97 Å². The minimum atomic E-state index is 0.235. The number of halogens is 1. The van der Waals surface area contributed by atoms with Gasteiger partial charge in [0.15, 0.2) is 11.5 Å². The molecule has 20 heavy (non-hydrogen) atoms. The largest absolute Gasteiger partial charge is 0.454 e. The van der Waals surface area contributed by atoms with Crippen molar-refractivity contribution >= 4 is 11.6 Å². The van der Waals surface area contributed by atoms with E-state index in [9.17, 15) is 0 Å². The van der Waals surface area contributed by atoms with Gasteiger partial charge in [-0.2, -0.15) is 4.98 Å². The molecule has 1 aromatic carbocycles. The van der Waals surface area contributed by atoms with E-state index < -0.39 is 0 Å². The third-order valence-corrected chi connectivity index (χ3v) is 2.95. The van der Waals surface area contributed by atoms with E-state index in [4.69, 9.17) is 25.8 Å². The lowest BCUT2D eigenvalue weighted by Gasteiger charge is -2.07. The van der Waals surface area contributed by atoms with Gasteiger partial charge in [0.1, 0.15) is 16.7 Å². The van der Waals surface area contributed by atoms with E-state index in [1.165, 1.54) is 0 Å². The third-order valence-electron chi connectivity index (χ3n) is 2.76. The minimum absolute atomic E-state index is 0.235. The molecule has 1 aliphatic heterocycles. The van der Waals surface area contributed by atoms with E-state index in [0.29, 0.717) is 34.1 Å². The molecule has 0 saturated carbocycles. The highest BCUT2D eigenvalue weighted by molar-refractivity contribution is 6.29. The molecular formula is C14H13ClN2O3. The van der Waals surface area contributed by atoms with Crippen molar-refractivity contribution in [1.29, 1.82) is 0 Å². The van der Waals surface area contributed by atoms with E-state index in [1.54, 1.807) is 24.3 Å². The first kappa shape index (κ1) is 13.0. The van der Waals surface area contributed by atoms with Gasteiger partial charge in [-0.25, -0.2) is 4.98 Å². The number of ether oxygens (including phenoxy) is 3. The predicted octanol–water partition coefficient (Wildman–Crippen LogP) is 3.60. The number of aryl methyl sites for hydroxylation is 1. The Morgan fingerprint density at radius 3 is 2.90 bits per heavy atom. The molecule has 6 heteroatoms. The number of fused-ring (bicyclic) bond motifs is 1. The molecule has 5 nitrogen and oxygen atoms in total. The number of benzene rings is 1. The summed E-state index contributed by atoms with van der Waals surface area (Å²) in [6, 6.07) is 6.94. The molecule has 0 N–H and O–H groups in total. The summed E-state index contributed by atoms with van der Waals surface area (Å²) in [5, 5.41) is 0.374. The van der Waals surface area contributed by atoms with Gasteiger partial charge in [-0.1, -0.05) is 18.5 Å². The average molecular weight is 293 g/mol. The smallest absolute Gasteiger partial charge is 0.231 e. The minimum Gasteiger partial charge on any atom is -0.454 e. The number of hydrogen-bond acceptors (Lipinski definition) is 5. The summed E-state index contributed by atoms with van der Waals surface area (Å²) >= 11 is 5.97. The molecule has 104 valence electrons. The second-order valence-corrected chi connectivity index (χ2v) is 4.70. The maximum atomic E-state index is 5.97. The van der Waals surface area contributed by atoms with E-state index in [-0.39, 0.29) is 6.79 Å². The monoisotopic (exact) mass is 292 g/mol. The van der Waals surface area contributed by atoms with Crippen LogP contribution in [-0.4, -0.2) is 16.8 Å². The van der Waals surface area contributed by atoms with Crippen LogP contribution < -0.4 is 14.2 Å². The van der Waals surface area contributed by atoms with Crippen molar-refractivity contribution in [2.75, 3.05) is 6.79 Å². The number of rotatable bonds is 4. The Bertz CT molecular complexity index is 634. The second kappa shape index (κ2) is 5.54. The summed E-state index contributed by atoms with van der Waals surface area (Å²) in [7, 11) is 0. The van der Waals surface area contributed by atoms with Crippen molar-refractivity contribution < 1.29 is 14.2 Å². The Hall–Kier alpha value is -2.01. The lowest BCUT2D eigenvalue weighted by molar-refractivity contribution is 0.174. The highest BCUT2D eigenvalue weighted by Gasteiger charge is 2.14. The topological polar surface area (TPSA) is 53.5 Å². The maximum absolute atomic E-state index is 5.97. The first-order valence-electron chi connectivity index (χ1n) is 6.35. The molecule has 3 rings (SSSR count). The molecule has 2 heterocycles. The fourth-order valence-electron chi connectivity index (χ4n) is 1.89. The molecule has 2 aromatic rings. The molecule has 1 aromatic heterocycles. The van der Waals surface area contributed by atoms with Gasteiger partial charge in [0.05, 0.1) is 0 Å². The van der Waals surface area contributed by atoms with Crippen LogP contribution in [-0.2, 0) is 6.42 Å². The molecule has 0 amide bonds. The van der Waals surface area contributed by atoms with Crippen molar-refractivity contribution in [2.45, 2.75) is 19.8 Å². The van der Waals surface area contributed by atoms with E-state index in [1.807, 2.05) is 0 Å². The summed E-state index contributed by atoms with van der Waals surface area (Å²) in [4.78, 5) is 8.47. The third kappa shape index (κ3) is 2.77. The van der Waals surface area contributed by atoms with Crippen molar-refractivity contribution in [3.05, 3.63) is 35.2 Å². The highest BCUT2D eigenvalue weighted by atomic mass is 35.5. The molecule has 0 radical (unpaired) electrons. The molecule has 0 aliphatic carbocycles. The van der Waals surface area contributed by atoms with Gasteiger partial charge in [0.2, 0.25) is 12.7 Å².